The lowest BCUT2D eigenvalue weighted by Crippen LogP contribution is -2.13. The summed E-state index contributed by atoms with van der Waals surface area (Å²) in [5.41, 5.74) is 1.05. The average molecular weight is 476 g/mol. The molecule has 31 heavy (non-hydrogen) atoms. The number of para-hydroxylation sites is 1. The minimum atomic E-state index is -0.664. The minimum Gasteiger partial charge on any atom is -0.487 e. The van der Waals surface area contributed by atoms with Crippen molar-refractivity contribution < 1.29 is 13.9 Å². The summed E-state index contributed by atoms with van der Waals surface area (Å²) in [6.45, 7) is 0.0215. The molecule has 8 heteroatoms. The van der Waals surface area contributed by atoms with E-state index in [0.29, 0.717) is 21.8 Å². The highest BCUT2D eigenvalue weighted by atomic mass is 35.5. The Hall–Kier alpha value is -3.04. The van der Waals surface area contributed by atoms with Crippen LogP contribution in [-0.2, 0) is 11.4 Å². The third kappa shape index (κ3) is 5.99. The van der Waals surface area contributed by atoms with Crippen LogP contribution in [0.4, 0.5) is 10.1 Å². The van der Waals surface area contributed by atoms with E-state index in [9.17, 15) is 14.4 Å². The van der Waals surface area contributed by atoms with Gasteiger partial charge in [0.2, 0.25) is 0 Å². The Balaban J connectivity index is 1.90. The zero-order valence-electron chi connectivity index (χ0n) is 15.8. The summed E-state index contributed by atoms with van der Waals surface area (Å²) < 4.78 is 19.2. The topological polar surface area (TPSA) is 62.1 Å². The van der Waals surface area contributed by atoms with Gasteiger partial charge in [-0.3, -0.25) is 4.79 Å². The van der Waals surface area contributed by atoms with Crippen molar-refractivity contribution in [2.45, 2.75) is 6.61 Å². The molecule has 4 nitrogen and oxygen atoms in total. The van der Waals surface area contributed by atoms with Gasteiger partial charge in [-0.1, -0.05) is 59.1 Å². The number of rotatable bonds is 6. The largest absolute Gasteiger partial charge is 0.487 e. The molecule has 1 amide bonds. The molecule has 3 aromatic rings. The van der Waals surface area contributed by atoms with Gasteiger partial charge in [0.25, 0.3) is 5.91 Å². The molecule has 0 spiro atoms. The van der Waals surface area contributed by atoms with Crippen LogP contribution < -0.4 is 10.1 Å². The van der Waals surface area contributed by atoms with Crippen molar-refractivity contribution in [2.75, 3.05) is 5.32 Å². The lowest BCUT2D eigenvalue weighted by atomic mass is 10.1. The molecule has 0 aromatic heterocycles. The number of hydrogen-bond acceptors (Lipinski definition) is 3. The van der Waals surface area contributed by atoms with Gasteiger partial charge in [-0.25, -0.2) is 4.39 Å². The number of nitrogens with one attached hydrogen (secondary N) is 1. The molecule has 0 radical (unpaired) electrons. The van der Waals surface area contributed by atoms with Gasteiger partial charge < -0.3 is 10.1 Å². The number of anilines is 1. The molecular formula is C23H14Cl3FN2O2. The van der Waals surface area contributed by atoms with E-state index < -0.39 is 11.7 Å². The number of carbonyl (C=O) groups excluding carboxylic acids is 1. The van der Waals surface area contributed by atoms with Gasteiger partial charge in [-0.2, -0.15) is 5.26 Å². The Bertz CT molecular complexity index is 1210. The zero-order valence-corrected chi connectivity index (χ0v) is 18.1. The molecule has 0 heterocycles. The summed E-state index contributed by atoms with van der Waals surface area (Å²) in [6.07, 6.45) is 1.31. The maximum absolute atomic E-state index is 13.4. The third-order valence-electron chi connectivity index (χ3n) is 4.10. The highest BCUT2D eigenvalue weighted by molar-refractivity contribution is 6.36. The van der Waals surface area contributed by atoms with Crippen LogP contribution >= 0.6 is 34.8 Å². The molecule has 156 valence electrons. The summed E-state index contributed by atoms with van der Waals surface area (Å²) in [5.74, 6) is -0.858. The highest BCUT2D eigenvalue weighted by Crippen LogP contribution is 2.34. The van der Waals surface area contributed by atoms with Crippen molar-refractivity contribution in [3.05, 3.63) is 98.2 Å². The highest BCUT2D eigenvalue weighted by Gasteiger charge is 2.15. The van der Waals surface area contributed by atoms with E-state index in [4.69, 9.17) is 39.5 Å². The fourth-order valence-corrected chi connectivity index (χ4v) is 3.43. The SMILES string of the molecule is N#C/C(=C\c1cc(Cl)cc(Cl)c1OCc1cccc(F)c1)C(=O)Nc1ccccc1Cl. The Kier molecular flexibility index (Phi) is 7.54. The van der Waals surface area contributed by atoms with Gasteiger partial charge >= 0.3 is 0 Å². The second kappa shape index (κ2) is 10.3. The number of carbonyl (C=O) groups is 1. The molecule has 0 bridgehead atoms. The van der Waals surface area contributed by atoms with Crippen LogP contribution in [0.1, 0.15) is 11.1 Å². The number of hydrogen-bond donors (Lipinski definition) is 1. The standard InChI is InChI=1S/C23H14Cl3FN2O2/c24-17-10-15(9-16(12-28)23(30)29-21-7-2-1-6-19(21)25)22(20(26)11-17)31-13-14-4-3-5-18(27)8-14/h1-11H,13H2,(H,29,30)/b16-9+. The predicted octanol–water partition coefficient (Wildman–Crippen LogP) is 6.91. The summed E-state index contributed by atoms with van der Waals surface area (Å²) in [4.78, 5) is 12.6. The molecule has 0 saturated carbocycles. The number of ether oxygens (including phenoxy) is 1. The second-order valence-electron chi connectivity index (χ2n) is 6.33. The fourth-order valence-electron chi connectivity index (χ4n) is 2.68. The zero-order chi connectivity index (χ0) is 22.4. The van der Waals surface area contributed by atoms with Crippen molar-refractivity contribution in [1.82, 2.24) is 0 Å². The monoisotopic (exact) mass is 474 g/mol. The first-order valence-corrected chi connectivity index (χ1v) is 10.0. The van der Waals surface area contributed by atoms with Crippen molar-refractivity contribution >= 4 is 52.5 Å². The molecule has 3 rings (SSSR count). The molecule has 0 aliphatic rings. The van der Waals surface area contributed by atoms with E-state index in [1.54, 1.807) is 36.4 Å². The second-order valence-corrected chi connectivity index (χ2v) is 7.58. The number of amides is 1. The van der Waals surface area contributed by atoms with Crippen LogP contribution in [0.2, 0.25) is 15.1 Å². The maximum Gasteiger partial charge on any atom is 0.266 e. The number of nitriles is 1. The van der Waals surface area contributed by atoms with Crippen LogP contribution in [0.3, 0.4) is 0 Å². The summed E-state index contributed by atoms with van der Waals surface area (Å²) >= 11 is 18.4. The number of halogens is 4. The van der Waals surface area contributed by atoms with Crippen molar-refractivity contribution in [2.24, 2.45) is 0 Å². The maximum atomic E-state index is 13.4. The van der Waals surface area contributed by atoms with Gasteiger partial charge in [-0.05, 0) is 48.0 Å². The summed E-state index contributed by atoms with van der Waals surface area (Å²) in [7, 11) is 0. The first-order valence-electron chi connectivity index (χ1n) is 8.91. The third-order valence-corrected chi connectivity index (χ3v) is 4.92. The van der Waals surface area contributed by atoms with Crippen LogP contribution in [0.25, 0.3) is 6.08 Å². The van der Waals surface area contributed by atoms with E-state index in [0.717, 1.165) is 0 Å². The molecule has 1 N–H and O–H groups in total. The van der Waals surface area contributed by atoms with Crippen LogP contribution in [0, 0.1) is 17.1 Å². The van der Waals surface area contributed by atoms with Crippen molar-refractivity contribution in [1.29, 1.82) is 5.26 Å². The van der Waals surface area contributed by atoms with Gasteiger partial charge in [-0.15, -0.1) is 0 Å². The van der Waals surface area contributed by atoms with E-state index >= 15 is 0 Å². The predicted molar refractivity (Wildman–Crippen MR) is 121 cm³/mol. The summed E-state index contributed by atoms with van der Waals surface area (Å²) in [5, 5.41) is 12.9. The molecule has 3 aromatic carbocycles. The molecule has 0 atom stereocenters. The molecule has 0 saturated heterocycles. The average Bonchev–Trinajstić information content (AvgIpc) is 2.72. The molecule has 0 aliphatic heterocycles. The van der Waals surface area contributed by atoms with Gasteiger partial charge in [0, 0.05) is 10.6 Å². The van der Waals surface area contributed by atoms with Gasteiger partial charge in [0.05, 0.1) is 15.7 Å². The van der Waals surface area contributed by atoms with E-state index in [-0.39, 0.29) is 28.0 Å². The van der Waals surface area contributed by atoms with Crippen LogP contribution in [0.15, 0.2) is 66.2 Å². The lowest BCUT2D eigenvalue weighted by molar-refractivity contribution is -0.112. The Morgan fingerprint density at radius 2 is 1.84 bits per heavy atom. The Morgan fingerprint density at radius 3 is 2.55 bits per heavy atom. The van der Waals surface area contributed by atoms with E-state index in [2.05, 4.69) is 5.32 Å². The van der Waals surface area contributed by atoms with Gasteiger partial charge in [0.15, 0.2) is 0 Å². The van der Waals surface area contributed by atoms with Crippen LogP contribution in [0.5, 0.6) is 5.75 Å². The minimum absolute atomic E-state index is 0.0215. The number of benzene rings is 3. The van der Waals surface area contributed by atoms with Crippen molar-refractivity contribution in [3.8, 4) is 11.8 Å². The Labute approximate surface area is 193 Å². The van der Waals surface area contributed by atoms with E-state index in [1.807, 2.05) is 6.07 Å². The van der Waals surface area contributed by atoms with Gasteiger partial charge in [0.1, 0.15) is 29.8 Å². The first-order chi connectivity index (χ1) is 14.9. The molecule has 0 aliphatic carbocycles. The quantitative estimate of drug-likeness (QED) is 0.311. The smallest absolute Gasteiger partial charge is 0.266 e. The molecule has 0 fully saturated rings. The number of nitrogens with zero attached hydrogens (tertiary/aromatic N) is 1. The summed E-state index contributed by atoms with van der Waals surface area (Å²) in [6, 6.07) is 17.4. The van der Waals surface area contributed by atoms with Crippen molar-refractivity contribution in [3.63, 3.8) is 0 Å². The first kappa shape index (κ1) is 22.6. The normalized spacial score (nSPS) is 11.0. The van der Waals surface area contributed by atoms with E-state index in [1.165, 1.54) is 30.3 Å². The van der Waals surface area contributed by atoms with Crippen LogP contribution in [-0.4, -0.2) is 5.91 Å². The molecular weight excluding hydrogens is 462 g/mol. The fraction of sp³-hybridized carbons (Fsp3) is 0.0435. The Morgan fingerprint density at radius 1 is 1.06 bits per heavy atom. The lowest BCUT2D eigenvalue weighted by Gasteiger charge is -2.13. The molecule has 0 unspecified atom stereocenters.